The molecule has 2 atom stereocenters. The Kier molecular flexibility index (Phi) is 5.64. The second-order valence-corrected chi connectivity index (χ2v) is 6.11. The van der Waals surface area contributed by atoms with E-state index in [0.29, 0.717) is 6.54 Å². The van der Waals surface area contributed by atoms with Crippen molar-refractivity contribution in [3.63, 3.8) is 0 Å². The van der Waals surface area contributed by atoms with E-state index in [1.165, 1.54) is 32.1 Å². The molecule has 2 rings (SSSR count). The fourth-order valence-corrected chi connectivity index (χ4v) is 3.27. The SMILES string of the molecule is CN(CCC1CCCCC1)C(=O)[C@@H]1CC[C@H](CN)O1. The van der Waals surface area contributed by atoms with Crippen LogP contribution in [0, 0.1) is 5.92 Å². The van der Waals surface area contributed by atoms with Crippen LogP contribution < -0.4 is 5.73 Å². The van der Waals surface area contributed by atoms with Crippen molar-refractivity contribution in [2.75, 3.05) is 20.1 Å². The fraction of sp³-hybridized carbons (Fsp3) is 0.933. The lowest BCUT2D eigenvalue weighted by atomic mass is 9.87. The molecule has 0 aromatic carbocycles. The summed E-state index contributed by atoms with van der Waals surface area (Å²) in [5, 5.41) is 0. The van der Waals surface area contributed by atoms with E-state index in [1.54, 1.807) is 0 Å². The minimum absolute atomic E-state index is 0.0840. The highest BCUT2D eigenvalue weighted by Crippen LogP contribution is 2.26. The maximum atomic E-state index is 12.2. The molecule has 0 radical (unpaired) electrons. The predicted octanol–water partition coefficient (Wildman–Crippen LogP) is 1.92. The number of carbonyl (C=O) groups excluding carboxylic acids is 1. The zero-order valence-corrected chi connectivity index (χ0v) is 12.1. The van der Waals surface area contributed by atoms with Gasteiger partial charge >= 0.3 is 0 Å². The largest absolute Gasteiger partial charge is 0.364 e. The normalized spacial score (nSPS) is 28.5. The first-order valence-corrected chi connectivity index (χ1v) is 7.81. The summed E-state index contributed by atoms with van der Waals surface area (Å²) in [5.74, 6) is 0.969. The molecule has 0 aromatic heterocycles. The molecule has 0 spiro atoms. The molecular weight excluding hydrogens is 240 g/mol. The molecule has 2 aliphatic rings. The minimum atomic E-state index is -0.245. The fourth-order valence-electron chi connectivity index (χ4n) is 3.27. The summed E-state index contributed by atoms with van der Waals surface area (Å²) in [6.45, 7) is 1.40. The van der Waals surface area contributed by atoms with E-state index in [2.05, 4.69) is 0 Å². The number of likely N-dealkylation sites (N-methyl/N-ethyl adjacent to an activating group) is 1. The number of ether oxygens (including phenoxy) is 1. The second kappa shape index (κ2) is 7.25. The topological polar surface area (TPSA) is 55.6 Å². The minimum Gasteiger partial charge on any atom is -0.364 e. The lowest BCUT2D eigenvalue weighted by molar-refractivity contribution is -0.141. The van der Waals surface area contributed by atoms with Crippen LogP contribution in [-0.4, -0.2) is 43.2 Å². The quantitative estimate of drug-likeness (QED) is 0.829. The molecule has 0 unspecified atom stereocenters. The Labute approximate surface area is 116 Å². The van der Waals surface area contributed by atoms with Gasteiger partial charge in [0.2, 0.25) is 0 Å². The maximum Gasteiger partial charge on any atom is 0.251 e. The van der Waals surface area contributed by atoms with Gasteiger partial charge in [0.25, 0.3) is 5.91 Å². The third-order valence-corrected chi connectivity index (χ3v) is 4.62. The van der Waals surface area contributed by atoms with Crippen molar-refractivity contribution in [1.29, 1.82) is 0 Å². The van der Waals surface area contributed by atoms with Gasteiger partial charge in [-0.2, -0.15) is 0 Å². The van der Waals surface area contributed by atoms with Gasteiger partial charge in [-0.05, 0) is 25.2 Å². The van der Waals surface area contributed by atoms with Gasteiger partial charge in [0, 0.05) is 20.1 Å². The average Bonchev–Trinajstić information content (AvgIpc) is 2.94. The van der Waals surface area contributed by atoms with Crippen LogP contribution in [0.4, 0.5) is 0 Å². The van der Waals surface area contributed by atoms with Gasteiger partial charge in [-0.15, -0.1) is 0 Å². The summed E-state index contributed by atoms with van der Waals surface area (Å²) < 4.78 is 5.67. The van der Waals surface area contributed by atoms with Crippen molar-refractivity contribution in [1.82, 2.24) is 4.90 Å². The number of hydrogen-bond donors (Lipinski definition) is 1. The Balaban J connectivity index is 1.70. The van der Waals surface area contributed by atoms with Gasteiger partial charge in [-0.1, -0.05) is 32.1 Å². The molecule has 1 amide bonds. The zero-order valence-electron chi connectivity index (χ0n) is 12.1. The van der Waals surface area contributed by atoms with Crippen molar-refractivity contribution < 1.29 is 9.53 Å². The van der Waals surface area contributed by atoms with Gasteiger partial charge in [0.1, 0.15) is 6.10 Å². The van der Waals surface area contributed by atoms with Crippen LogP contribution >= 0.6 is 0 Å². The Morgan fingerprint density at radius 3 is 2.58 bits per heavy atom. The summed E-state index contributed by atoms with van der Waals surface area (Å²) in [6, 6.07) is 0. The lowest BCUT2D eigenvalue weighted by Crippen LogP contribution is -2.38. The number of carbonyl (C=O) groups is 1. The molecule has 2 fully saturated rings. The summed E-state index contributed by atoms with van der Waals surface area (Å²) in [6.07, 6.45) is 9.55. The summed E-state index contributed by atoms with van der Waals surface area (Å²) >= 11 is 0. The van der Waals surface area contributed by atoms with Gasteiger partial charge in [0.15, 0.2) is 0 Å². The molecule has 4 heteroatoms. The summed E-state index contributed by atoms with van der Waals surface area (Å²) in [7, 11) is 1.91. The van der Waals surface area contributed by atoms with E-state index in [1.807, 2.05) is 11.9 Å². The highest BCUT2D eigenvalue weighted by molar-refractivity contribution is 5.80. The van der Waals surface area contributed by atoms with E-state index in [9.17, 15) is 4.79 Å². The monoisotopic (exact) mass is 268 g/mol. The van der Waals surface area contributed by atoms with Crippen LogP contribution in [0.2, 0.25) is 0 Å². The second-order valence-electron chi connectivity index (χ2n) is 6.11. The van der Waals surface area contributed by atoms with Crippen LogP contribution in [0.15, 0.2) is 0 Å². The van der Waals surface area contributed by atoms with Crippen LogP contribution in [0.1, 0.15) is 51.4 Å². The zero-order chi connectivity index (χ0) is 13.7. The Bertz CT molecular complexity index is 290. The third-order valence-electron chi connectivity index (χ3n) is 4.62. The van der Waals surface area contributed by atoms with Crippen LogP contribution in [0.25, 0.3) is 0 Å². The van der Waals surface area contributed by atoms with E-state index in [0.717, 1.165) is 31.7 Å². The van der Waals surface area contributed by atoms with Crippen LogP contribution in [0.3, 0.4) is 0 Å². The van der Waals surface area contributed by atoms with Crippen molar-refractivity contribution in [3.05, 3.63) is 0 Å². The van der Waals surface area contributed by atoms with Gasteiger partial charge in [-0.25, -0.2) is 0 Å². The first kappa shape index (κ1) is 14.8. The molecule has 1 aliphatic carbocycles. The van der Waals surface area contributed by atoms with E-state index >= 15 is 0 Å². The van der Waals surface area contributed by atoms with E-state index < -0.39 is 0 Å². The Morgan fingerprint density at radius 2 is 1.95 bits per heavy atom. The summed E-state index contributed by atoms with van der Waals surface area (Å²) in [5.41, 5.74) is 5.58. The smallest absolute Gasteiger partial charge is 0.251 e. The van der Waals surface area contributed by atoms with Gasteiger partial charge in [0.05, 0.1) is 6.10 Å². The molecule has 1 saturated heterocycles. The Hall–Kier alpha value is -0.610. The standard InChI is InChI=1S/C15H28N2O2/c1-17(10-9-12-5-3-2-4-6-12)15(18)14-8-7-13(11-16)19-14/h12-14H,2-11,16H2,1H3/t13-,14+/m1/s1. The van der Waals surface area contributed by atoms with Gasteiger partial charge < -0.3 is 15.4 Å². The number of rotatable bonds is 5. The molecule has 0 aromatic rings. The van der Waals surface area contributed by atoms with Crippen molar-refractivity contribution in [3.8, 4) is 0 Å². The van der Waals surface area contributed by atoms with Gasteiger partial charge in [-0.3, -0.25) is 4.79 Å². The Morgan fingerprint density at radius 1 is 1.21 bits per heavy atom. The molecule has 1 heterocycles. The molecule has 1 aliphatic heterocycles. The van der Waals surface area contributed by atoms with Crippen molar-refractivity contribution in [2.24, 2.45) is 11.7 Å². The molecular formula is C15H28N2O2. The highest BCUT2D eigenvalue weighted by Gasteiger charge is 2.31. The molecule has 110 valence electrons. The molecule has 4 nitrogen and oxygen atoms in total. The molecule has 1 saturated carbocycles. The van der Waals surface area contributed by atoms with Crippen LogP contribution in [0.5, 0.6) is 0 Å². The van der Waals surface area contributed by atoms with E-state index in [4.69, 9.17) is 10.5 Å². The van der Waals surface area contributed by atoms with Crippen molar-refractivity contribution in [2.45, 2.75) is 63.6 Å². The summed E-state index contributed by atoms with van der Waals surface area (Å²) in [4.78, 5) is 14.1. The van der Waals surface area contributed by atoms with Crippen molar-refractivity contribution >= 4 is 5.91 Å². The number of nitrogens with zero attached hydrogens (tertiary/aromatic N) is 1. The predicted molar refractivity (Wildman–Crippen MR) is 75.8 cm³/mol. The third kappa shape index (κ3) is 4.18. The number of hydrogen-bond acceptors (Lipinski definition) is 3. The molecule has 2 N–H and O–H groups in total. The van der Waals surface area contributed by atoms with E-state index in [-0.39, 0.29) is 18.1 Å². The number of amides is 1. The molecule has 0 bridgehead atoms. The lowest BCUT2D eigenvalue weighted by Gasteiger charge is -2.26. The highest BCUT2D eigenvalue weighted by atomic mass is 16.5. The maximum absolute atomic E-state index is 12.2. The number of nitrogens with two attached hydrogens (primary N) is 1. The first-order chi connectivity index (χ1) is 9.20. The first-order valence-electron chi connectivity index (χ1n) is 7.81. The van der Waals surface area contributed by atoms with Crippen LogP contribution in [-0.2, 0) is 9.53 Å². The average molecular weight is 268 g/mol. The molecule has 19 heavy (non-hydrogen) atoms.